The quantitative estimate of drug-likeness (QED) is 0.689. The molecule has 0 spiro atoms. The highest BCUT2D eigenvalue weighted by Gasteiger charge is 2.25. The molecule has 0 aliphatic carbocycles. The van der Waals surface area contributed by atoms with Crippen molar-refractivity contribution in [2.75, 3.05) is 0 Å². The second-order valence-corrected chi connectivity index (χ2v) is 7.66. The number of hydrogen-bond donors (Lipinski definition) is 2. The van der Waals surface area contributed by atoms with E-state index in [1.165, 1.54) is 22.5 Å². The number of nitrogens with one attached hydrogen (secondary N) is 2. The number of aromatic nitrogens is 4. The van der Waals surface area contributed by atoms with Gasteiger partial charge in [-0.2, -0.15) is 10.2 Å². The van der Waals surface area contributed by atoms with Crippen LogP contribution in [0, 0.1) is 6.92 Å². The summed E-state index contributed by atoms with van der Waals surface area (Å²) in [4.78, 5) is 23.9. The lowest BCUT2D eigenvalue weighted by molar-refractivity contribution is 0.0934. The maximum atomic E-state index is 12.8. The Kier molecular flexibility index (Phi) is 5.44. The highest BCUT2D eigenvalue weighted by Crippen LogP contribution is 2.28. The lowest BCUT2D eigenvalue weighted by atomic mass is 9.79. The average Bonchev–Trinajstić information content (AvgIpc) is 3.04. The number of amides is 1. The van der Waals surface area contributed by atoms with Crippen LogP contribution in [-0.2, 0) is 5.41 Å². The number of benzene rings is 1. The van der Waals surface area contributed by atoms with Crippen molar-refractivity contribution in [2.24, 2.45) is 0 Å². The van der Waals surface area contributed by atoms with Gasteiger partial charge in [-0.05, 0) is 37.3 Å². The minimum Gasteiger partial charge on any atom is -0.349 e. The SMILES string of the molecule is Cc1c(C(=O)N[C@@H](C)CC(C)(C)c2ccccc2)cnn1-c1ccc(=O)[nH]n1. The Balaban J connectivity index is 1.71. The maximum Gasteiger partial charge on any atom is 0.264 e. The molecule has 0 aliphatic rings. The molecule has 2 N–H and O–H groups in total. The van der Waals surface area contributed by atoms with E-state index < -0.39 is 0 Å². The highest BCUT2D eigenvalue weighted by atomic mass is 16.1. The lowest BCUT2D eigenvalue weighted by Gasteiger charge is -2.29. The molecule has 3 rings (SSSR count). The first-order valence-corrected chi connectivity index (χ1v) is 9.25. The van der Waals surface area contributed by atoms with Gasteiger partial charge < -0.3 is 5.32 Å². The molecule has 146 valence electrons. The van der Waals surface area contributed by atoms with E-state index in [0.29, 0.717) is 17.1 Å². The van der Waals surface area contributed by atoms with Gasteiger partial charge in [0.05, 0.1) is 17.5 Å². The van der Waals surface area contributed by atoms with E-state index in [9.17, 15) is 9.59 Å². The van der Waals surface area contributed by atoms with Crippen LogP contribution in [0.1, 0.15) is 48.8 Å². The smallest absolute Gasteiger partial charge is 0.264 e. The Morgan fingerprint density at radius 2 is 1.93 bits per heavy atom. The van der Waals surface area contributed by atoms with E-state index in [-0.39, 0.29) is 22.9 Å². The largest absolute Gasteiger partial charge is 0.349 e. The van der Waals surface area contributed by atoms with Crippen LogP contribution in [0.3, 0.4) is 0 Å². The van der Waals surface area contributed by atoms with Crippen LogP contribution in [0.5, 0.6) is 0 Å². The zero-order valence-corrected chi connectivity index (χ0v) is 16.6. The van der Waals surface area contributed by atoms with Crippen molar-refractivity contribution in [3.8, 4) is 5.82 Å². The maximum absolute atomic E-state index is 12.8. The van der Waals surface area contributed by atoms with Crippen molar-refractivity contribution < 1.29 is 4.79 Å². The number of hydrogen-bond acceptors (Lipinski definition) is 4. The molecule has 2 heterocycles. The van der Waals surface area contributed by atoms with Crippen LogP contribution in [0.25, 0.3) is 5.82 Å². The molecular weight excluding hydrogens is 354 g/mol. The fraction of sp³-hybridized carbons (Fsp3) is 0.333. The first-order chi connectivity index (χ1) is 13.3. The molecule has 7 nitrogen and oxygen atoms in total. The summed E-state index contributed by atoms with van der Waals surface area (Å²) in [7, 11) is 0. The molecule has 0 saturated heterocycles. The predicted octanol–water partition coefficient (Wildman–Crippen LogP) is 2.75. The van der Waals surface area contributed by atoms with Gasteiger partial charge in [-0.15, -0.1) is 0 Å². The molecule has 0 saturated carbocycles. The molecule has 0 bridgehead atoms. The second kappa shape index (κ2) is 7.80. The molecule has 3 aromatic rings. The van der Waals surface area contributed by atoms with E-state index in [1.807, 2.05) is 25.1 Å². The summed E-state index contributed by atoms with van der Waals surface area (Å²) >= 11 is 0. The zero-order valence-electron chi connectivity index (χ0n) is 16.6. The minimum atomic E-state index is -0.290. The molecule has 7 heteroatoms. The van der Waals surface area contributed by atoms with Crippen molar-refractivity contribution >= 4 is 5.91 Å². The lowest BCUT2D eigenvalue weighted by Crippen LogP contribution is -2.37. The zero-order chi connectivity index (χ0) is 20.3. The molecule has 0 aliphatic heterocycles. The molecular formula is C21H25N5O2. The molecule has 0 radical (unpaired) electrons. The molecule has 1 atom stereocenters. The predicted molar refractivity (Wildman–Crippen MR) is 108 cm³/mol. The normalized spacial score (nSPS) is 12.6. The number of carbonyl (C=O) groups excluding carboxylic acids is 1. The van der Waals surface area contributed by atoms with E-state index in [2.05, 4.69) is 46.6 Å². The Morgan fingerprint density at radius 1 is 1.21 bits per heavy atom. The molecule has 1 aromatic carbocycles. The van der Waals surface area contributed by atoms with Gasteiger partial charge in [-0.3, -0.25) is 9.59 Å². The Morgan fingerprint density at radius 3 is 2.57 bits per heavy atom. The fourth-order valence-electron chi connectivity index (χ4n) is 3.44. The topological polar surface area (TPSA) is 92.7 Å². The standard InChI is InChI=1S/C21H25N5O2/c1-14(12-21(3,4)16-8-6-5-7-9-16)23-20(28)17-13-22-26(15(17)2)18-10-11-19(27)25-24-18/h5-11,13-14H,12H2,1-4H3,(H,23,28)(H,25,27)/t14-/m0/s1. The van der Waals surface area contributed by atoms with Crippen molar-refractivity contribution in [1.29, 1.82) is 0 Å². The van der Waals surface area contributed by atoms with E-state index in [1.54, 1.807) is 13.0 Å². The third-order valence-electron chi connectivity index (χ3n) is 4.89. The molecule has 2 aromatic heterocycles. The van der Waals surface area contributed by atoms with Crippen LogP contribution in [0.2, 0.25) is 0 Å². The van der Waals surface area contributed by atoms with Gasteiger partial charge in [0.2, 0.25) is 0 Å². The average molecular weight is 379 g/mol. The van der Waals surface area contributed by atoms with Crippen LogP contribution >= 0.6 is 0 Å². The van der Waals surface area contributed by atoms with Crippen molar-refractivity contribution in [3.63, 3.8) is 0 Å². The van der Waals surface area contributed by atoms with Crippen LogP contribution in [0.4, 0.5) is 0 Å². The summed E-state index contributed by atoms with van der Waals surface area (Å²) in [5, 5.41) is 13.6. The monoisotopic (exact) mass is 379 g/mol. The minimum absolute atomic E-state index is 0.0170. The van der Waals surface area contributed by atoms with Gasteiger partial charge in [0.1, 0.15) is 0 Å². The summed E-state index contributed by atoms with van der Waals surface area (Å²) in [6.07, 6.45) is 2.32. The summed E-state index contributed by atoms with van der Waals surface area (Å²) in [5.74, 6) is 0.277. The molecule has 28 heavy (non-hydrogen) atoms. The third-order valence-corrected chi connectivity index (χ3v) is 4.89. The van der Waals surface area contributed by atoms with Crippen LogP contribution in [0.15, 0.2) is 53.5 Å². The van der Waals surface area contributed by atoms with Gasteiger partial charge in [0.25, 0.3) is 11.5 Å². The van der Waals surface area contributed by atoms with Gasteiger partial charge in [-0.25, -0.2) is 9.78 Å². The molecule has 0 fully saturated rings. The molecule has 1 amide bonds. The first-order valence-electron chi connectivity index (χ1n) is 9.25. The Hall–Kier alpha value is -3.22. The molecule has 0 unspecified atom stereocenters. The number of rotatable bonds is 6. The van der Waals surface area contributed by atoms with Crippen molar-refractivity contribution in [1.82, 2.24) is 25.3 Å². The summed E-state index contributed by atoms with van der Waals surface area (Å²) in [6, 6.07) is 13.2. The Labute approximate surface area is 163 Å². The summed E-state index contributed by atoms with van der Waals surface area (Å²) < 4.78 is 1.53. The number of aromatic amines is 1. The highest BCUT2D eigenvalue weighted by molar-refractivity contribution is 5.95. The summed E-state index contributed by atoms with van der Waals surface area (Å²) in [5.41, 5.74) is 2.03. The number of H-pyrrole nitrogens is 1. The first kappa shape index (κ1) is 19.5. The van der Waals surface area contributed by atoms with Gasteiger partial charge >= 0.3 is 0 Å². The van der Waals surface area contributed by atoms with Gasteiger partial charge in [0.15, 0.2) is 5.82 Å². The van der Waals surface area contributed by atoms with E-state index in [4.69, 9.17) is 0 Å². The fourth-order valence-corrected chi connectivity index (χ4v) is 3.44. The number of carbonyl (C=O) groups is 1. The van der Waals surface area contributed by atoms with Crippen LogP contribution in [-0.4, -0.2) is 31.9 Å². The Bertz CT molecular complexity index is 1000. The van der Waals surface area contributed by atoms with Crippen LogP contribution < -0.4 is 10.9 Å². The van der Waals surface area contributed by atoms with Crippen molar-refractivity contribution in [2.45, 2.75) is 45.6 Å². The third kappa shape index (κ3) is 4.19. The van der Waals surface area contributed by atoms with E-state index in [0.717, 1.165) is 6.42 Å². The summed E-state index contributed by atoms with van der Waals surface area (Å²) in [6.45, 7) is 8.16. The van der Waals surface area contributed by atoms with E-state index >= 15 is 0 Å². The van der Waals surface area contributed by atoms with Gasteiger partial charge in [-0.1, -0.05) is 44.2 Å². The second-order valence-electron chi connectivity index (χ2n) is 7.66. The van der Waals surface area contributed by atoms with Crippen molar-refractivity contribution in [3.05, 3.63) is 75.8 Å². The van der Waals surface area contributed by atoms with Gasteiger partial charge in [0, 0.05) is 12.1 Å². The number of nitrogens with zero attached hydrogens (tertiary/aromatic N) is 3.